The monoisotopic (exact) mass is 296 g/mol. The van der Waals surface area contributed by atoms with Gasteiger partial charge in [0.15, 0.2) is 12.0 Å². The molecule has 4 heterocycles. The number of rotatable bonds is 3. The Labute approximate surface area is 130 Å². The lowest BCUT2D eigenvalue weighted by molar-refractivity contribution is 0.110. The lowest BCUT2D eigenvalue weighted by Gasteiger charge is -2.28. The first-order valence-electron chi connectivity index (χ1n) is 7.98. The fourth-order valence-electron chi connectivity index (χ4n) is 3.79. The van der Waals surface area contributed by atoms with Gasteiger partial charge in [-0.05, 0) is 24.8 Å². The molecule has 3 aliphatic rings. The van der Waals surface area contributed by atoms with E-state index in [0.29, 0.717) is 17.6 Å². The lowest BCUT2D eigenvalue weighted by Crippen LogP contribution is -2.39. The summed E-state index contributed by atoms with van der Waals surface area (Å²) in [6, 6.07) is 12.0. The second-order valence-corrected chi connectivity index (χ2v) is 6.21. The van der Waals surface area contributed by atoms with Gasteiger partial charge in [0.25, 0.3) is 0 Å². The smallest absolute Gasteiger partial charge is 0.185 e. The molecule has 0 radical (unpaired) electrons. The highest BCUT2D eigenvalue weighted by atomic mass is 16.3. The molecule has 1 aromatic heterocycles. The molecule has 1 aromatic carbocycles. The van der Waals surface area contributed by atoms with Crippen molar-refractivity contribution >= 4 is 6.29 Å². The topological polar surface area (TPSA) is 45.5 Å². The summed E-state index contributed by atoms with van der Waals surface area (Å²) in [5.41, 5.74) is 5.75. The normalized spacial score (nSPS) is 27.5. The van der Waals surface area contributed by atoms with Gasteiger partial charge in [0.05, 0.1) is 0 Å². The Hall–Kier alpha value is -1.91. The Morgan fingerprint density at radius 3 is 2.68 bits per heavy atom. The third kappa shape index (κ3) is 2.38. The Morgan fingerprint density at radius 1 is 1.18 bits per heavy atom. The van der Waals surface area contributed by atoms with Gasteiger partial charge >= 0.3 is 0 Å². The summed E-state index contributed by atoms with van der Waals surface area (Å²) in [4.78, 5) is 11.2. The zero-order valence-electron chi connectivity index (χ0n) is 12.5. The molecule has 0 amide bonds. The van der Waals surface area contributed by atoms with Gasteiger partial charge in [0.1, 0.15) is 5.76 Å². The van der Waals surface area contributed by atoms with Crippen LogP contribution in [0.5, 0.6) is 0 Å². The van der Waals surface area contributed by atoms with Crippen LogP contribution in [0.15, 0.2) is 40.8 Å². The molecule has 0 aliphatic carbocycles. The second-order valence-electron chi connectivity index (χ2n) is 6.21. The van der Waals surface area contributed by atoms with E-state index in [1.54, 1.807) is 0 Å². The molecule has 2 aromatic rings. The summed E-state index contributed by atoms with van der Waals surface area (Å²) in [6.45, 7) is 3.14. The molecule has 4 heteroatoms. The van der Waals surface area contributed by atoms with Crippen molar-refractivity contribution in [2.24, 2.45) is 5.92 Å². The van der Waals surface area contributed by atoms with Crippen LogP contribution in [-0.2, 0) is 0 Å². The van der Waals surface area contributed by atoms with E-state index in [1.165, 1.54) is 18.4 Å². The van der Waals surface area contributed by atoms with E-state index >= 15 is 0 Å². The number of nitrogens with one attached hydrogen (secondary N) is 1. The molecule has 114 valence electrons. The first kappa shape index (κ1) is 13.7. The first-order chi connectivity index (χ1) is 10.8. The van der Waals surface area contributed by atoms with Gasteiger partial charge in [-0.1, -0.05) is 30.3 Å². The molecule has 5 rings (SSSR count). The van der Waals surface area contributed by atoms with Crippen LogP contribution in [0.4, 0.5) is 0 Å². The average Bonchev–Trinajstić information content (AvgIpc) is 2.79. The maximum atomic E-state index is 11.2. The molecule has 1 N–H and O–H groups in total. The molecule has 0 spiro atoms. The van der Waals surface area contributed by atoms with Crippen molar-refractivity contribution in [2.45, 2.75) is 18.8 Å². The summed E-state index contributed by atoms with van der Waals surface area (Å²) >= 11 is 0. The quantitative estimate of drug-likeness (QED) is 0.884. The number of fused-ring (bicyclic) bond motifs is 4. The number of aldehydes is 1. The number of furan rings is 1. The van der Waals surface area contributed by atoms with Crippen molar-refractivity contribution in [3.8, 4) is 11.3 Å². The number of piperidine rings is 1. The summed E-state index contributed by atoms with van der Waals surface area (Å²) in [5, 5.41) is 2.32. The van der Waals surface area contributed by atoms with E-state index < -0.39 is 0 Å². The number of nitrogens with zero attached hydrogens (tertiary/aromatic N) is 1. The fraction of sp³-hybridized carbons (Fsp3) is 0.389. The molecule has 2 bridgehead atoms. The number of hydrogen-bond donors (Lipinski definition) is 1. The standard InChI is InChI=1S/C18H20N2O2/c21-12-15-10-16(18(22-15)14-4-2-1-3-5-14)17-11-19-20-8-6-13(17)7-9-20/h1-5,10,12-13,17,19H,6-9,11H2. The number of hydrazine groups is 1. The molecule has 0 saturated carbocycles. The summed E-state index contributed by atoms with van der Waals surface area (Å²) < 4.78 is 5.84. The van der Waals surface area contributed by atoms with E-state index in [0.717, 1.165) is 37.2 Å². The van der Waals surface area contributed by atoms with Crippen LogP contribution in [0.2, 0.25) is 0 Å². The zero-order chi connectivity index (χ0) is 14.9. The molecule has 3 aliphatic heterocycles. The molecule has 1 atom stereocenters. The molecule has 1 unspecified atom stereocenters. The van der Waals surface area contributed by atoms with E-state index in [2.05, 4.69) is 10.4 Å². The van der Waals surface area contributed by atoms with Gasteiger partial charge in [-0.2, -0.15) is 0 Å². The van der Waals surface area contributed by atoms with Crippen molar-refractivity contribution < 1.29 is 9.21 Å². The van der Waals surface area contributed by atoms with Crippen LogP contribution in [0, 0.1) is 5.92 Å². The van der Waals surface area contributed by atoms with Crippen molar-refractivity contribution in [3.05, 3.63) is 47.7 Å². The van der Waals surface area contributed by atoms with Crippen molar-refractivity contribution in [2.75, 3.05) is 19.6 Å². The zero-order valence-corrected chi connectivity index (χ0v) is 12.5. The number of hydrogen-bond acceptors (Lipinski definition) is 4. The summed E-state index contributed by atoms with van der Waals surface area (Å²) in [7, 11) is 0. The predicted molar refractivity (Wildman–Crippen MR) is 84.6 cm³/mol. The number of carbonyl (C=O) groups excluding carboxylic acids is 1. The fourth-order valence-corrected chi connectivity index (χ4v) is 3.79. The van der Waals surface area contributed by atoms with Crippen LogP contribution >= 0.6 is 0 Å². The highest BCUT2D eigenvalue weighted by molar-refractivity contribution is 5.75. The van der Waals surface area contributed by atoms with Gasteiger partial charge in [-0.25, -0.2) is 5.01 Å². The minimum absolute atomic E-state index is 0.403. The average molecular weight is 296 g/mol. The highest BCUT2D eigenvalue weighted by Crippen LogP contribution is 2.40. The van der Waals surface area contributed by atoms with Gasteiger partial charge in [0, 0.05) is 36.7 Å². The van der Waals surface area contributed by atoms with Crippen LogP contribution in [0.25, 0.3) is 11.3 Å². The largest absolute Gasteiger partial charge is 0.453 e. The maximum absolute atomic E-state index is 11.2. The highest BCUT2D eigenvalue weighted by Gasteiger charge is 2.34. The molecule has 22 heavy (non-hydrogen) atoms. The van der Waals surface area contributed by atoms with Gasteiger partial charge in [-0.15, -0.1) is 0 Å². The minimum Gasteiger partial charge on any atom is -0.453 e. The Bertz CT molecular complexity index is 657. The third-order valence-electron chi connectivity index (χ3n) is 4.97. The molecular formula is C18H20N2O2. The number of carbonyl (C=O) groups is 1. The van der Waals surface area contributed by atoms with Gasteiger partial charge in [-0.3, -0.25) is 10.2 Å². The van der Waals surface area contributed by atoms with E-state index in [4.69, 9.17) is 4.42 Å². The molecule has 3 saturated heterocycles. The predicted octanol–water partition coefficient (Wildman–Crippen LogP) is 3.07. The van der Waals surface area contributed by atoms with E-state index in [1.807, 2.05) is 36.4 Å². The Morgan fingerprint density at radius 2 is 1.95 bits per heavy atom. The Balaban J connectivity index is 1.77. The van der Waals surface area contributed by atoms with Gasteiger partial charge < -0.3 is 4.42 Å². The van der Waals surface area contributed by atoms with Crippen LogP contribution in [-0.4, -0.2) is 30.9 Å². The van der Waals surface area contributed by atoms with Crippen LogP contribution < -0.4 is 5.43 Å². The van der Waals surface area contributed by atoms with Crippen molar-refractivity contribution in [1.82, 2.24) is 10.4 Å². The SMILES string of the molecule is O=Cc1cc(C2CNN3CCC2CC3)c(-c2ccccc2)o1. The van der Waals surface area contributed by atoms with E-state index in [-0.39, 0.29) is 0 Å². The van der Waals surface area contributed by atoms with E-state index in [9.17, 15) is 4.79 Å². The first-order valence-corrected chi connectivity index (χ1v) is 7.98. The van der Waals surface area contributed by atoms with Crippen molar-refractivity contribution in [3.63, 3.8) is 0 Å². The summed E-state index contributed by atoms with van der Waals surface area (Å²) in [5.74, 6) is 2.34. The van der Waals surface area contributed by atoms with Gasteiger partial charge in [0.2, 0.25) is 0 Å². The Kier molecular flexibility index (Phi) is 3.56. The maximum Gasteiger partial charge on any atom is 0.185 e. The second kappa shape index (κ2) is 5.71. The molecule has 4 nitrogen and oxygen atoms in total. The van der Waals surface area contributed by atoms with Crippen LogP contribution in [0.3, 0.4) is 0 Å². The lowest BCUT2D eigenvalue weighted by atomic mass is 9.80. The van der Waals surface area contributed by atoms with Crippen molar-refractivity contribution in [1.29, 1.82) is 0 Å². The van der Waals surface area contributed by atoms with Crippen LogP contribution in [0.1, 0.15) is 34.9 Å². The molecular weight excluding hydrogens is 276 g/mol. The third-order valence-corrected chi connectivity index (χ3v) is 4.97. The number of benzene rings is 1. The molecule has 3 fully saturated rings. The minimum atomic E-state index is 0.403. The summed E-state index contributed by atoms with van der Waals surface area (Å²) in [6.07, 6.45) is 3.21.